The summed E-state index contributed by atoms with van der Waals surface area (Å²) in [6, 6.07) is 3.29. The van der Waals surface area contributed by atoms with Crippen LogP contribution < -0.4 is 0 Å². The van der Waals surface area contributed by atoms with Crippen molar-refractivity contribution >= 4 is 0 Å². The summed E-state index contributed by atoms with van der Waals surface area (Å²) in [5.41, 5.74) is 0.652. The number of hydrogen-bond donors (Lipinski definition) is 2. The third kappa shape index (κ3) is 2.20. The van der Waals surface area contributed by atoms with Gasteiger partial charge in [-0.05, 0) is 24.5 Å². The largest absolute Gasteiger partial charge is 0.506 e. The van der Waals surface area contributed by atoms with E-state index in [2.05, 4.69) is 4.98 Å². The first-order valence-electron chi connectivity index (χ1n) is 3.97. The van der Waals surface area contributed by atoms with Crippen molar-refractivity contribution in [2.24, 2.45) is 5.92 Å². The fourth-order valence-corrected chi connectivity index (χ4v) is 0.981. The second kappa shape index (κ2) is 4.07. The number of hydrogen-bond acceptors (Lipinski definition) is 3. The highest BCUT2D eigenvalue weighted by Gasteiger charge is 2.06. The van der Waals surface area contributed by atoms with Gasteiger partial charge in [0.25, 0.3) is 0 Å². The molecule has 1 aromatic rings. The molecule has 66 valence electrons. The first kappa shape index (κ1) is 9.00. The number of aliphatic hydroxyl groups is 1. The van der Waals surface area contributed by atoms with E-state index >= 15 is 0 Å². The number of pyridine rings is 1. The predicted octanol–water partition coefficient (Wildman–Crippen LogP) is 0.958. The third-order valence-electron chi connectivity index (χ3n) is 1.72. The molecule has 0 fully saturated rings. The van der Waals surface area contributed by atoms with Gasteiger partial charge in [0.2, 0.25) is 0 Å². The van der Waals surface area contributed by atoms with E-state index in [4.69, 9.17) is 5.11 Å². The van der Waals surface area contributed by atoms with Gasteiger partial charge in [-0.15, -0.1) is 0 Å². The van der Waals surface area contributed by atoms with Crippen LogP contribution in [-0.2, 0) is 6.42 Å². The number of nitrogens with zero attached hydrogens (tertiary/aromatic N) is 1. The molecular formula is C9H13NO2. The molecule has 0 saturated carbocycles. The Kier molecular flexibility index (Phi) is 3.05. The van der Waals surface area contributed by atoms with E-state index in [9.17, 15) is 5.11 Å². The molecular weight excluding hydrogens is 154 g/mol. The quantitative estimate of drug-likeness (QED) is 0.705. The van der Waals surface area contributed by atoms with Crippen LogP contribution in [0.3, 0.4) is 0 Å². The van der Waals surface area contributed by atoms with Crippen LogP contribution in [0.15, 0.2) is 18.3 Å². The summed E-state index contributed by atoms with van der Waals surface area (Å²) >= 11 is 0. The molecule has 0 saturated heterocycles. The Balaban J connectivity index is 2.69. The van der Waals surface area contributed by atoms with Gasteiger partial charge in [-0.25, -0.2) is 0 Å². The molecule has 2 N–H and O–H groups in total. The summed E-state index contributed by atoms with van der Waals surface area (Å²) in [5.74, 6) is 0.351. The van der Waals surface area contributed by atoms with E-state index in [0.29, 0.717) is 12.1 Å². The van der Waals surface area contributed by atoms with Crippen LogP contribution in [0.4, 0.5) is 0 Å². The van der Waals surface area contributed by atoms with Gasteiger partial charge in [0.05, 0.1) is 5.69 Å². The van der Waals surface area contributed by atoms with E-state index in [-0.39, 0.29) is 18.3 Å². The first-order chi connectivity index (χ1) is 5.74. The lowest BCUT2D eigenvalue weighted by Crippen LogP contribution is -2.05. The van der Waals surface area contributed by atoms with Gasteiger partial charge in [0.15, 0.2) is 0 Å². The van der Waals surface area contributed by atoms with Crippen LogP contribution in [0.5, 0.6) is 5.75 Å². The Morgan fingerprint density at radius 1 is 1.58 bits per heavy atom. The lowest BCUT2D eigenvalue weighted by atomic mass is 10.1. The minimum absolute atomic E-state index is 0.121. The summed E-state index contributed by atoms with van der Waals surface area (Å²) in [5, 5.41) is 18.1. The molecule has 1 heterocycles. The maximum absolute atomic E-state index is 9.31. The fraction of sp³-hybridized carbons (Fsp3) is 0.444. The van der Waals surface area contributed by atoms with E-state index in [1.165, 1.54) is 0 Å². The fourth-order valence-electron chi connectivity index (χ4n) is 0.981. The average molecular weight is 167 g/mol. The van der Waals surface area contributed by atoms with E-state index in [1.807, 2.05) is 6.92 Å². The Morgan fingerprint density at radius 3 is 2.92 bits per heavy atom. The molecule has 12 heavy (non-hydrogen) atoms. The van der Waals surface area contributed by atoms with Crippen molar-refractivity contribution in [3.8, 4) is 5.75 Å². The number of rotatable bonds is 3. The van der Waals surface area contributed by atoms with Crippen LogP contribution in [0.25, 0.3) is 0 Å². The lowest BCUT2D eigenvalue weighted by molar-refractivity contribution is 0.235. The summed E-state index contributed by atoms with van der Waals surface area (Å²) in [4.78, 5) is 4.01. The van der Waals surface area contributed by atoms with Crippen molar-refractivity contribution in [3.63, 3.8) is 0 Å². The molecule has 0 aliphatic carbocycles. The molecule has 0 bridgehead atoms. The van der Waals surface area contributed by atoms with Crippen LogP contribution in [0.1, 0.15) is 12.6 Å². The van der Waals surface area contributed by atoms with E-state index < -0.39 is 0 Å². The van der Waals surface area contributed by atoms with Crippen molar-refractivity contribution in [3.05, 3.63) is 24.0 Å². The average Bonchev–Trinajstić information content (AvgIpc) is 2.09. The zero-order valence-electron chi connectivity index (χ0n) is 7.07. The maximum Gasteiger partial charge on any atom is 0.137 e. The first-order valence-corrected chi connectivity index (χ1v) is 3.97. The van der Waals surface area contributed by atoms with Gasteiger partial charge in [-0.3, -0.25) is 4.98 Å². The van der Waals surface area contributed by atoms with Crippen LogP contribution in [0, 0.1) is 5.92 Å². The highest BCUT2D eigenvalue weighted by atomic mass is 16.3. The van der Waals surface area contributed by atoms with Crippen LogP contribution in [-0.4, -0.2) is 21.8 Å². The summed E-state index contributed by atoms with van der Waals surface area (Å²) in [6.07, 6.45) is 2.25. The molecule has 3 nitrogen and oxygen atoms in total. The van der Waals surface area contributed by atoms with Gasteiger partial charge < -0.3 is 10.2 Å². The molecule has 0 aliphatic heterocycles. The molecule has 0 aromatic carbocycles. The molecule has 1 rings (SSSR count). The van der Waals surface area contributed by atoms with E-state index in [0.717, 1.165) is 0 Å². The minimum atomic E-state index is 0.121. The number of aromatic nitrogens is 1. The highest BCUT2D eigenvalue weighted by Crippen LogP contribution is 2.16. The minimum Gasteiger partial charge on any atom is -0.506 e. The van der Waals surface area contributed by atoms with Gasteiger partial charge in [0, 0.05) is 12.8 Å². The van der Waals surface area contributed by atoms with Crippen LogP contribution >= 0.6 is 0 Å². The number of aromatic hydroxyl groups is 1. The van der Waals surface area contributed by atoms with Crippen molar-refractivity contribution in [1.29, 1.82) is 0 Å². The topological polar surface area (TPSA) is 53.4 Å². The zero-order valence-corrected chi connectivity index (χ0v) is 7.07. The molecule has 0 unspecified atom stereocenters. The van der Waals surface area contributed by atoms with Crippen molar-refractivity contribution in [2.75, 3.05) is 6.61 Å². The molecule has 1 atom stereocenters. The Bertz CT molecular complexity index is 250. The Morgan fingerprint density at radius 2 is 2.33 bits per heavy atom. The van der Waals surface area contributed by atoms with Gasteiger partial charge in [-0.2, -0.15) is 0 Å². The predicted molar refractivity (Wildman–Crippen MR) is 45.9 cm³/mol. The lowest BCUT2D eigenvalue weighted by Gasteiger charge is -2.07. The van der Waals surface area contributed by atoms with Crippen LogP contribution in [0.2, 0.25) is 0 Å². The molecule has 0 radical (unpaired) electrons. The van der Waals surface area contributed by atoms with E-state index in [1.54, 1.807) is 18.3 Å². The highest BCUT2D eigenvalue weighted by molar-refractivity contribution is 5.25. The molecule has 1 aromatic heterocycles. The molecule has 0 aliphatic rings. The Hall–Kier alpha value is -1.09. The van der Waals surface area contributed by atoms with Crippen molar-refractivity contribution < 1.29 is 10.2 Å². The molecule has 0 spiro atoms. The summed E-state index contributed by atoms with van der Waals surface area (Å²) in [6.45, 7) is 2.03. The second-order valence-corrected chi connectivity index (χ2v) is 2.96. The van der Waals surface area contributed by atoms with Crippen molar-refractivity contribution in [2.45, 2.75) is 13.3 Å². The third-order valence-corrected chi connectivity index (χ3v) is 1.72. The normalized spacial score (nSPS) is 12.8. The molecule has 3 heteroatoms. The van der Waals surface area contributed by atoms with Gasteiger partial charge >= 0.3 is 0 Å². The second-order valence-electron chi connectivity index (χ2n) is 2.96. The standard InChI is InChI=1S/C9H13NO2/c1-7(6-11)5-8-9(12)3-2-4-10-8/h2-4,7,11-12H,5-6H2,1H3/t7-/m1/s1. The molecule has 0 amide bonds. The monoisotopic (exact) mass is 167 g/mol. The number of aliphatic hydroxyl groups excluding tert-OH is 1. The van der Waals surface area contributed by atoms with Gasteiger partial charge in [0.1, 0.15) is 5.75 Å². The van der Waals surface area contributed by atoms with Crippen molar-refractivity contribution in [1.82, 2.24) is 4.98 Å². The summed E-state index contributed by atoms with van der Waals surface area (Å²) < 4.78 is 0. The van der Waals surface area contributed by atoms with Gasteiger partial charge in [-0.1, -0.05) is 6.92 Å². The maximum atomic E-state index is 9.31. The zero-order chi connectivity index (χ0) is 8.97. The SMILES string of the molecule is C[C@@H](CO)Cc1ncccc1O. The smallest absolute Gasteiger partial charge is 0.137 e. The Labute approximate surface area is 71.7 Å². The summed E-state index contributed by atoms with van der Waals surface area (Å²) in [7, 11) is 0.